The third-order valence-corrected chi connectivity index (χ3v) is 4.86. The molecule has 1 aliphatic carbocycles. The molecule has 0 bridgehead atoms. The molecule has 1 aliphatic rings. The van der Waals surface area contributed by atoms with Gasteiger partial charge in [0.05, 0.1) is 13.5 Å². The van der Waals surface area contributed by atoms with Crippen LogP contribution in [0.3, 0.4) is 0 Å². The normalized spacial score (nSPS) is 18.3. The van der Waals surface area contributed by atoms with E-state index in [0.717, 1.165) is 36.9 Å². The molecule has 29 heavy (non-hydrogen) atoms. The highest BCUT2D eigenvalue weighted by molar-refractivity contribution is 5.91. The van der Waals surface area contributed by atoms with Gasteiger partial charge in [0.25, 0.3) is 0 Å². The summed E-state index contributed by atoms with van der Waals surface area (Å²) in [6.45, 7) is 2.61. The van der Waals surface area contributed by atoms with Crippen molar-refractivity contribution in [1.29, 1.82) is 0 Å². The summed E-state index contributed by atoms with van der Waals surface area (Å²) in [5, 5.41) is 12.7. The first-order chi connectivity index (χ1) is 14.1. The number of aromatic nitrogens is 3. The van der Waals surface area contributed by atoms with Gasteiger partial charge in [-0.15, -0.1) is 0 Å². The molecule has 0 aliphatic heterocycles. The molecule has 156 valence electrons. The maximum atomic E-state index is 12.3. The number of anilines is 1. The lowest BCUT2D eigenvalue weighted by atomic mass is 10.0. The minimum Gasteiger partial charge on any atom is -0.481 e. The second-order valence-electron chi connectivity index (χ2n) is 7.10. The van der Waals surface area contributed by atoms with E-state index in [1.807, 2.05) is 13.0 Å². The third-order valence-electron chi connectivity index (χ3n) is 4.86. The molecule has 1 saturated carbocycles. The molecule has 0 spiro atoms. The number of H-pyrrole nitrogens is 1. The number of alkyl carbamates (subject to hydrolysis) is 1. The molecule has 1 fully saturated rings. The van der Waals surface area contributed by atoms with Gasteiger partial charge in [0.15, 0.2) is 5.82 Å². The van der Waals surface area contributed by atoms with Crippen molar-refractivity contribution in [2.75, 3.05) is 19.0 Å². The first-order valence-corrected chi connectivity index (χ1v) is 9.86. The number of amides is 2. The molecule has 2 atom stereocenters. The van der Waals surface area contributed by atoms with Crippen LogP contribution in [0.2, 0.25) is 0 Å². The molecule has 2 aromatic heterocycles. The third kappa shape index (κ3) is 5.94. The molecular weight excluding hydrogens is 374 g/mol. The first kappa shape index (κ1) is 20.6. The summed E-state index contributed by atoms with van der Waals surface area (Å²) in [6.07, 6.45) is 4.68. The Bertz CT molecular complexity index is 838. The van der Waals surface area contributed by atoms with E-state index in [1.54, 1.807) is 18.3 Å². The van der Waals surface area contributed by atoms with Crippen molar-refractivity contribution in [2.45, 2.75) is 51.0 Å². The molecule has 0 radical (unpaired) electrons. The number of carbonyl (C=O) groups excluding carboxylic acids is 2. The highest BCUT2D eigenvalue weighted by Gasteiger charge is 2.30. The van der Waals surface area contributed by atoms with Crippen LogP contribution in [-0.4, -0.2) is 46.9 Å². The van der Waals surface area contributed by atoms with Gasteiger partial charge in [-0.1, -0.05) is 6.92 Å². The Morgan fingerprint density at radius 3 is 2.97 bits per heavy atom. The van der Waals surface area contributed by atoms with Gasteiger partial charge in [-0.05, 0) is 37.3 Å². The van der Waals surface area contributed by atoms with Gasteiger partial charge in [0, 0.05) is 36.5 Å². The van der Waals surface area contributed by atoms with Gasteiger partial charge in [0.2, 0.25) is 11.8 Å². The van der Waals surface area contributed by atoms with E-state index in [-0.39, 0.29) is 30.4 Å². The summed E-state index contributed by atoms with van der Waals surface area (Å²) >= 11 is 0. The average Bonchev–Trinajstić information content (AvgIpc) is 3.36. The number of nitrogens with one attached hydrogen (secondary N) is 3. The van der Waals surface area contributed by atoms with E-state index in [2.05, 4.69) is 25.8 Å². The van der Waals surface area contributed by atoms with Crippen molar-refractivity contribution in [2.24, 2.45) is 0 Å². The fourth-order valence-electron chi connectivity index (χ4n) is 3.40. The van der Waals surface area contributed by atoms with E-state index in [1.165, 1.54) is 7.11 Å². The zero-order valence-electron chi connectivity index (χ0n) is 16.7. The molecule has 3 N–H and O–H groups in total. The highest BCUT2D eigenvalue weighted by Crippen LogP contribution is 2.35. The number of pyridine rings is 1. The number of carbonyl (C=O) groups is 2. The van der Waals surface area contributed by atoms with Gasteiger partial charge in [0.1, 0.15) is 6.10 Å². The Labute approximate surface area is 169 Å². The van der Waals surface area contributed by atoms with Crippen molar-refractivity contribution in [1.82, 2.24) is 20.5 Å². The number of methoxy groups -OCH3 is 1. The fraction of sp³-hybridized carbons (Fsp3) is 0.500. The Balaban J connectivity index is 1.49. The lowest BCUT2D eigenvalue weighted by Gasteiger charge is -2.12. The van der Waals surface area contributed by atoms with E-state index >= 15 is 0 Å². The van der Waals surface area contributed by atoms with Gasteiger partial charge in [-0.2, -0.15) is 5.10 Å². The van der Waals surface area contributed by atoms with Crippen LogP contribution < -0.4 is 15.4 Å². The number of hydrogen-bond acceptors (Lipinski definition) is 6. The lowest BCUT2D eigenvalue weighted by Crippen LogP contribution is -2.28. The summed E-state index contributed by atoms with van der Waals surface area (Å²) in [7, 11) is 1.54. The van der Waals surface area contributed by atoms with Crippen LogP contribution >= 0.6 is 0 Å². The highest BCUT2D eigenvalue weighted by atomic mass is 16.6. The molecule has 9 nitrogen and oxygen atoms in total. The van der Waals surface area contributed by atoms with Crippen LogP contribution in [0.4, 0.5) is 10.6 Å². The average molecular weight is 401 g/mol. The molecule has 2 amide bonds. The predicted octanol–water partition coefficient (Wildman–Crippen LogP) is 2.77. The number of nitrogens with zero attached hydrogens (tertiary/aromatic N) is 2. The number of ether oxygens (including phenoxy) is 2. The van der Waals surface area contributed by atoms with Crippen LogP contribution in [0.1, 0.15) is 49.8 Å². The van der Waals surface area contributed by atoms with Crippen LogP contribution in [0.25, 0.3) is 0 Å². The van der Waals surface area contributed by atoms with Crippen molar-refractivity contribution in [3.8, 4) is 5.88 Å². The van der Waals surface area contributed by atoms with Gasteiger partial charge >= 0.3 is 6.09 Å². The smallest absolute Gasteiger partial charge is 0.407 e. The van der Waals surface area contributed by atoms with Crippen LogP contribution in [-0.2, 0) is 16.0 Å². The molecular formula is C20H27N5O4. The Hall–Kier alpha value is -3.10. The number of aromatic amines is 1. The monoisotopic (exact) mass is 401 g/mol. The zero-order valence-corrected chi connectivity index (χ0v) is 16.7. The topological polar surface area (TPSA) is 118 Å². The lowest BCUT2D eigenvalue weighted by molar-refractivity contribution is -0.115. The Morgan fingerprint density at radius 2 is 2.17 bits per heavy atom. The quantitative estimate of drug-likeness (QED) is 0.626. The summed E-state index contributed by atoms with van der Waals surface area (Å²) < 4.78 is 10.5. The largest absolute Gasteiger partial charge is 0.481 e. The fourth-order valence-corrected chi connectivity index (χ4v) is 3.40. The Kier molecular flexibility index (Phi) is 7.04. The standard InChI is InChI=1S/C20H27N5O4/c1-3-7-22-20(27)29-15-5-4-14(11-15)16-12-17(25-24-16)23-18(26)9-13-6-8-21-19(10-13)28-2/h6,8,10,12,14-15H,3-5,7,9,11H2,1-2H3,(H,22,27)(H2,23,24,25,26)/t14-,15?/m1/s1. The maximum absolute atomic E-state index is 12.3. The first-order valence-electron chi connectivity index (χ1n) is 9.86. The molecule has 2 heterocycles. The molecule has 1 unspecified atom stereocenters. The second kappa shape index (κ2) is 9.90. The van der Waals surface area contributed by atoms with Crippen molar-refractivity contribution >= 4 is 17.8 Å². The summed E-state index contributed by atoms with van der Waals surface area (Å²) in [5.74, 6) is 1.01. The predicted molar refractivity (Wildman–Crippen MR) is 107 cm³/mol. The van der Waals surface area contributed by atoms with Crippen LogP contribution in [0.15, 0.2) is 24.4 Å². The second-order valence-corrected chi connectivity index (χ2v) is 7.10. The summed E-state index contributed by atoms with van der Waals surface area (Å²) in [5.41, 5.74) is 1.74. The van der Waals surface area contributed by atoms with E-state index < -0.39 is 0 Å². The number of rotatable bonds is 8. The molecule has 0 saturated heterocycles. The maximum Gasteiger partial charge on any atom is 0.407 e. The molecule has 2 aromatic rings. The van der Waals surface area contributed by atoms with Crippen LogP contribution in [0.5, 0.6) is 5.88 Å². The van der Waals surface area contributed by atoms with Crippen molar-refractivity contribution < 1.29 is 19.1 Å². The summed E-state index contributed by atoms with van der Waals surface area (Å²) in [6, 6.07) is 5.34. The SMILES string of the molecule is CCCNC(=O)OC1CC[C@@H](c2cc(NC(=O)Cc3ccnc(OC)c3)n[nH]2)C1. The van der Waals surface area contributed by atoms with Gasteiger partial charge in [-0.3, -0.25) is 9.89 Å². The minimum atomic E-state index is -0.359. The van der Waals surface area contributed by atoms with E-state index in [4.69, 9.17) is 9.47 Å². The van der Waals surface area contributed by atoms with Crippen molar-refractivity contribution in [3.63, 3.8) is 0 Å². The van der Waals surface area contributed by atoms with E-state index in [9.17, 15) is 9.59 Å². The van der Waals surface area contributed by atoms with Gasteiger partial charge < -0.3 is 20.1 Å². The van der Waals surface area contributed by atoms with Crippen LogP contribution in [0, 0.1) is 0 Å². The minimum absolute atomic E-state index is 0.0973. The Morgan fingerprint density at radius 1 is 1.31 bits per heavy atom. The number of hydrogen-bond donors (Lipinski definition) is 3. The zero-order chi connectivity index (χ0) is 20.6. The summed E-state index contributed by atoms with van der Waals surface area (Å²) in [4.78, 5) is 28.0. The van der Waals surface area contributed by atoms with E-state index in [0.29, 0.717) is 18.2 Å². The molecule has 0 aromatic carbocycles. The molecule has 3 rings (SSSR count). The molecule has 9 heteroatoms. The van der Waals surface area contributed by atoms with Gasteiger partial charge in [-0.25, -0.2) is 9.78 Å². The van der Waals surface area contributed by atoms with Crippen molar-refractivity contribution in [3.05, 3.63) is 35.7 Å².